The number of nitrogens with zero attached hydrogens (tertiary/aromatic N) is 2. The Morgan fingerprint density at radius 1 is 1.10 bits per heavy atom. The van der Waals surface area contributed by atoms with Crippen molar-refractivity contribution in [3.63, 3.8) is 0 Å². The number of sulfonamides is 1. The molecule has 2 aromatic carbocycles. The molecule has 0 spiro atoms. The van der Waals surface area contributed by atoms with Gasteiger partial charge in [0.2, 0.25) is 10.0 Å². The maximum absolute atomic E-state index is 12.5. The topological polar surface area (TPSA) is 79.0 Å². The first kappa shape index (κ1) is 22.6. The summed E-state index contributed by atoms with van der Waals surface area (Å²) in [7, 11) is -1.58. The van der Waals surface area contributed by atoms with E-state index >= 15 is 0 Å². The van der Waals surface area contributed by atoms with Crippen LogP contribution in [0, 0.1) is 0 Å². The number of methoxy groups -OCH3 is 1. The first-order chi connectivity index (χ1) is 14.3. The lowest BCUT2D eigenvalue weighted by Crippen LogP contribution is -2.48. The summed E-state index contributed by atoms with van der Waals surface area (Å²) in [6, 6.07) is 12.5. The van der Waals surface area contributed by atoms with Crippen molar-refractivity contribution >= 4 is 33.2 Å². The number of anilines is 1. The summed E-state index contributed by atoms with van der Waals surface area (Å²) in [5, 5.41) is 3.25. The van der Waals surface area contributed by atoms with Crippen molar-refractivity contribution in [2.45, 2.75) is 13.5 Å². The highest BCUT2D eigenvalue weighted by molar-refractivity contribution is 7.89. The molecule has 0 bridgehead atoms. The second-order valence-electron chi connectivity index (χ2n) is 7.08. The summed E-state index contributed by atoms with van der Waals surface area (Å²) in [6.07, 6.45) is 0. The third-order valence-electron chi connectivity index (χ3n) is 5.12. The van der Waals surface area contributed by atoms with E-state index in [9.17, 15) is 13.2 Å². The molecule has 1 fully saturated rings. The SMILES string of the molecule is CCS(=O)(=O)N1CCN(Cc2ccc(C(=O)Nc3ccc(OC)c(Cl)c3)cc2)CC1. The molecular formula is C21H26ClN3O4S. The Labute approximate surface area is 182 Å². The van der Waals surface area contributed by atoms with E-state index in [0.29, 0.717) is 48.2 Å². The molecule has 1 N–H and O–H groups in total. The molecular weight excluding hydrogens is 426 g/mol. The Hall–Kier alpha value is -2.13. The van der Waals surface area contributed by atoms with E-state index < -0.39 is 10.0 Å². The van der Waals surface area contributed by atoms with E-state index in [1.165, 1.54) is 7.11 Å². The largest absolute Gasteiger partial charge is 0.495 e. The molecule has 0 atom stereocenters. The molecule has 1 heterocycles. The minimum absolute atomic E-state index is 0.138. The van der Waals surface area contributed by atoms with Gasteiger partial charge >= 0.3 is 0 Å². The van der Waals surface area contributed by atoms with Gasteiger partial charge in [-0.3, -0.25) is 9.69 Å². The monoisotopic (exact) mass is 451 g/mol. The number of benzene rings is 2. The van der Waals surface area contributed by atoms with Gasteiger partial charge in [0.15, 0.2) is 0 Å². The average Bonchev–Trinajstić information content (AvgIpc) is 2.75. The predicted molar refractivity (Wildman–Crippen MR) is 119 cm³/mol. The van der Waals surface area contributed by atoms with Gasteiger partial charge in [0.05, 0.1) is 17.9 Å². The number of carbonyl (C=O) groups is 1. The number of hydrogen-bond donors (Lipinski definition) is 1. The van der Waals surface area contributed by atoms with Gasteiger partial charge in [-0.1, -0.05) is 23.7 Å². The van der Waals surface area contributed by atoms with Gasteiger partial charge < -0.3 is 10.1 Å². The van der Waals surface area contributed by atoms with Crippen molar-refractivity contribution in [2.24, 2.45) is 0 Å². The Morgan fingerprint density at radius 2 is 1.77 bits per heavy atom. The number of carbonyl (C=O) groups excluding carboxylic acids is 1. The normalized spacial score (nSPS) is 15.7. The number of piperazine rings is 1. The number of amides is 1. The molecule has 3 rings (SSSR count). The van der Waals surface area contributed by atoms with Gasteiger partial charge in [0, 0.05) is 44.0 Å². The van der Waals surface area contributed by atoms with E-state index in [1.54, 1.807) is 41.6 Å². The Balaban J connectivity index is 1.55. The molecule has 9 heteroatoms. The van der Waals surface area contributed by atoms with Crippen LogP contribution in [0.1, 0.15) is 22.8 Å². The van der Waals surface area contributed by atoms with Gasteiger partial charge in [-0.15, -0.1) is 0 Å². The van der Waals surface area contributed by atoms with Crippen LogP contribution in [0.15, 0.2) is 42.5 Å². The highest BCUT2D eigenvalue weighted by atomic mass is 35.5. The van der Waals surface area contributed by atoms with Gasteiger partial charge in [-0.2, -0.15) is 4.31 Å². The molecule has 0 radical (unpaired) electrons. The van der Waals surface area contributed by atoms with Crippen LogP contribution in [0.3, 0.4) is 0 Å². The van der Waals surface area contributed by atoms with Crippen molar-refractivity contribution in [3.05, 3.63) is 58.6 Å². The Bertz CT molecular complexity index is 988. The highest BCUT2D eigenvalue weighted by Gasteiger charge is 2.25. The van der Waals surface area contributed by atoms with Crippen molar-refractivity contribution in [3.8, 4) is 5.75 Å². The van der Waals surface area contributed by atoms with Gasteiger partial charge in [-0.05, 0) is 42.8 Å². The maximum Gasteiger partial charge on any atom is 0.255 e. The minimum Gasteiger partial charge on any atom is -0.495 e. The summed E-state index contributed by atoms with van der Waals surface area (Å²) >= 11 is 6.10. The molecule has 0 aromatic heterocycles. The average molecular weight is 452 g/mol. The summed E-state index contributed by atoms with van der Waals surface area (Å²) in [5.74, 6) is 0.465. The fourth-order valence-corrected chi connectivity index (χ4v) is 4.66. The van der Waals surface area contributed by atoms with E-state index in [2.05, 4.69) is 10.2 Å². The standard InChI is InChI=1S/C21H26ClN3O4S/c1-3-30(27,28)25-12-10-24(11-13-25)15-16-4-6-17(7-5-16)21(26)23-18-8-9-20(29-2)19(22)14-18/h4-9,14H,3,10-13,15H2,1-2H3,(H,23,26). The summed E-state index contributed by atoms with van der Waals surface area (Å²) < 4.78 is 30.6. The lowest BCUT2D eigenvalue weighted by Gasteiger charge is -2.33. The molecule has 30 heavy (non-hydrogen) atoms. The molecule has 1 saturated heterocycles. The Kier molecular flexibility index (Phi) is 7.36. The van der Waals surface area contributed by atoms with Gasteiger partial charge in [0.25, 0.3) is 5.91 Å². The third kappa shape index (κ3) is 5.51. The van der Waals surface area contributed by atoms with Gasteiger partial charge in [-0.25, -0.2) is 8.42 Å². The lowest BCUT2D eigenvalue weighted by atomic mass is 10.1. The molecule has 7 nitrogen and oxygen atoms in total. The molecule has 1 aliphatic rings. The van der Waals surface area contributed by atoms with Crippen LogP contribution in [0.4, 0.5) is 5.69 Å². The number of nitrogens with one attached hydrogen (secondary N) is 1. The molecule has 0 aliphatic carbocycles. The van der Waals surface area contributed by atoms with Crippen LogP contribution in [-0.4, -0.2) is 62.6 Å². The van der Waals surface area contributed by atoms with Crippen LogP contribution >= 0.6 is 11.6 Å². The lowest BCUT2D eigenvalue weighted by molar-refractivity contribution is 0.102. The quantitative estimate of drug-likeness (QED) is 0.699. The van der Waals surface area contributed by atoms with Crippen molar-refractivity contribution in [1.82, 2.24) is 9.21 Å². The molecule has 162 valence electrons. The molecule has 0 saturated carbocycles. The fourth-order valence-electron chi connectivity index (χ4n) is 3.32. The van der Waals surface area contributed by atoms with Crippen LogP contribution in [0.2, 0.25) is 5.02 Å². The van der Waals surface area contributed by atoms with E-state index in [1.807, 2.05) is 12.1 Å². The van der Waals surface area contributed by atoms with E-state index in [4.69, 9.17) is 16.3 Å². The zero-order valence-corrected chi connectivity index (χ0v) is 18.7. The summed E-state index contributed by atoms with van der Waals surface area (Å²) in [6.45, 7) is 4.81. The molecule has 1 amide bonds. The van der Waals surface area contributed by atoms with Crippen molar-refractivity contribution in [1.29, 1.82) is 0 Å². The van der Waals surface area contributed by atoms with Crippen LogP contribution in [0.25, 0.3) is 0 Å². The smallest absolute Gasteiger partial charge is 0.255 e. The van der Waals surface area contributed by atoms with E-state index in [0.717, 1.165) is 12.1 Å². The third-order valence-corrected chi connectivity index (χ3v) is 7.30. The highest BCUT2D eigenvalue weighted by Crippen LogP contribution is 2.27. The fraction of sp³-hybridized carbons (Fsp3) is 0.381. The second-order valence-corrected chi connectivity index (χ2v) is 9.74. The van der Waals surface area contributed by atoms with Crippen LogP contribution < -0.4 is 10.1 Å². The predicted octanol–water partition coefficient (Wildman–Crippen LogP) is 3.07. The minimum atomic E-state index is -3.12. The molecule has 2 aromatic rings. The van der Waals surface area contributed by atoms with Crippen molar-refractivity contribution < 1.29 is 17.9 Å². The van der Waals surface area contributed by atoms with Crippen LogP contribution in [0.5, 0.6) is 5.75 Å². The van der Waals surface area contributed by atoms with Crippen molar-refractivity contribution in [2.75, 3.05) is 44.4 Å². The second kappa shape index (κ2) is 9.78. The summed E-state index contributed by atoms with van der Waals surface area (Å²) in [4.78, 5) is 14.7. The zero-order valence-electron chi connectivity index (χ0n) is 17.1. The van der Waals surface area contributed by atoms with Gasteiger partial charge in [0.1, 0.15) is 5.75 Å². The first-order valence-corrected chi connectivity index (χ1v) is 11.7. The zero-order chi connectivity index (χ0) is 21.7. The number of hydrogen-bond acceptors (Lipinski definition) is 5. The van der Waals surface area contributed by atoms with Crippen LogP contribution in [-0.2, 0) is 16.6 Å². The molecule has 0 unspecified atom stereocenters. The number of halogens is 1. The summed E-state index contributed by atoms with van der Waals surface area (Å²) in [5.41, 5.74) is 2.21. The molecule has 1 aliphatic heterocycles. The maximum atomic E-state index is 12.5. The first-order valence-electron chi connectivity index (χ1n) is 9.76. The number of ether oxygens (including phenoxy) is 1. The Morgan fingerprint density at radius 3 is 2.33 bits per heavy atom. The van der Waals surface area contributed by atoms with E-state index in [-0.39, 0.29) is 11.7 Å². The number of rotatable bonds is 7.